The van der Waals surface area contributed by atoms with Crippen molar-refractivity contribution in [2.24, 2.45) is 28.9 Å². The van der Waals surface area contributed by atoms with Crippen molar-refractivity contribution in [3.05, 3.63) is 48.0 Å². The van der Waals surface area contributed by atoms with Crippen LogP contribution in [0.25, 0.3) is 0 Å². The summed E-state index contributed by atoms with van der Waals surface area (Å²) in [7, 11) is 0. The van der Waals surface area contributed by atoms with Crippen molar-refractivity contribution in [1.82, 2.24) is 89.4 Å². The zero-order valence-corrected chi connectivity index (χ0v) is 71.6. The Morgan fingerprint density at radius 2 is 0.891 bits per heavy atom. The number of carboxylic acid groups (broad SMARTS) is 3. The number of carboxylic acids is 3. The van der Waals surface area contributed by atoms with Crippen LogP contribution in [0.1, 0.15) is 155 Å². The lowest BCUT2D eigenvalue weighted by Crippen LogP contribution is -2.60. The molecule has 0 spiro atoms. The molecular formula is C77H118N24O28. The van der Waals surface area contributed by atoms with Gasteiger partial charge in [-0.05, 0) is 89.0 Å². The molecular weight excluding hydrogens is 1710 g/mol. The number of hydrogen-bond donors (Lipinski definition) is 27. The van der Waals surface area contributed by atoms with Crippen LogP contribution >= 0.6 is 0 Å². The van der Waals surface area contributed by atoms with E-state index in [2.05, 4.69) is 79.8 Å². The first-order chi connectivity index (χ1) is 60.9. The van der Waals surface area contributed by atoms with Crippen molar-refractivity contribution < 1.29 is 136 Å². The molecule has 1 fully saturated rings. The van der Waals surface area contributed by atoms with Gasteiger partial charge in [0.15, 0.2) is 17.9 Å². The summed E-state index contributed by atoms with van der Waals surface area (Å²) < 4.78 is 10.3. The number of esters is 2. The lowest BCUT2D eigenvalue weighted by molar-refractivity contribution is -0.154. The maximum atomic E-state index is 14.9. The Hall–Kier alpha value is -14.7. The second-order valence-electron chi connectivity index (χ2n) is 29.7. The molecule has 1 unspecified atom stereocenters. The highest BCUT2D eigenvalue weighted by Crippen LogP contribution is 2.23. The Kier molecular flexibility index (Phi) is 48.0. The average Bonchev–Trinajstić information content (AvgIpc) is 1.76. The zero-order valence-electron chi connectivity index (χ0n) is 71.6. The third-order valence-corrected chi connectivity index (χ3v) is 19.3. The number of carbonyl (C=O) groups excluding carboxylic acids is 17. The van der Waals surface area contributed by atoms with E-state index in [0.29, 0.717) is 16.7 Å². The minimum absolute atomic E-state index is 0.00469. The molecule has 14 amide bonds. The number of ether oxygens (including phenoxy) is 2. The number of nitrogens with two attached hydrogens (primary N) is 4. The molecule has 2 aromatic rings. The Morgan fingerprint density at radius 1 is 0.457 bits per heavy atom. The molecule has 1 saturated heterocycles. The van der Waals surface area contributed by atoms with Gasteiger partial charge in [-0.15, -0.1) is 4.73 Å². The first-order valence-electron chi connectivity index (χ1n) is 41.1. The SMILES string of the molecule is CCC(C)[C@@H](NC(=O)[C@H](CCCNC(=N)N)NC(C)=O)C(=O)N[C@@H](C)C(=O)N[C@@H](CCCNC(=N)N)C(=O)NCC(=O)N[C@@H](CC(=O)O)C(=O)N[C@@H](Cc1ccccc1)C(=O)N1CCC[C@H]1C(=O)N[C@@H](CC(=O)O)C(=O)N[C@@H](CC(=O)O)C(=O)N[C@@H](CCCNC(=N)N)C(=O)N[C@@H](CCCCNC(=O)CCC(=O)OCCOC(=O)CCC(=O)On1c(O)ccc1O)C(N)=O. The van der Waals surface area contributed by atoms with E-state index in [1.807, 2.05) is 0 Å². The quantitative estimate of drug-likeness (QED) is 0.0127. The molecule has 129 heavy (non-hydrogen) atoms. The first-order valence-corrected chi connectivity index (χ1v) is 41.1. The third-order valence-electron chi connectivity index (χ3n) is 19.3. The van der Waals surface area contributed by atoms with E-state index >= 15 is 0 Å². The zero-order chi connectivity index (χ0) is 96.6. The number of benzene rings is 1. The molecule has 0 aliphatic carbocycles. The maximum absolute atomic E-state index is 14.9. The summed E-state index contributed by atoms with van der Waals surface area (Å²) in [5.74, 6) is -25.1. The molecule has 0 saturated carbocycles. The van der Waals surface area contributed by atoms with Crippen LogP contribution in [0.2, 0.25) is 0 Å². The van der Waals surface area contributed by atoms with Crippen LogP contribution < -0.4 is 108 Å². The molecule has 1 aromatic carbocycles. The summed E-state index contributed by atoms with van der Waals surface area (Å²) in [5.41, 5.74) is 22.2. The highest BCUT2D eigenvalue weighted by molar-refractivity contribution is 6.01. The Labute approximate surface area is 738 Å². The lowest BCUT2D eigenvalue weighted by atomic mass is 9.97. The minimum atomic E-state index is -2.16. The van der Waals surface area contributed by atoms with Crippen LogP contribution in [0.3, 0.4) is 0 Å². The summed E-state index contributed by atoms with van der Waals surface area (Å²) in [6, 6.07) is -8.10. The summed E-state index contributed by atoms with van der Waals surface area (Å²) in [5, 5.41) is 108. The predicted molar refractivity (Wildman–Crippen MR) is 448 cm³/mol. The number of nitrogens with zero attached hydrogens (tertiary/aromatic N) is 2. The molecule has 1 aliphatic heterocycles. The van der Waals surface area contributed by atoms with Crippen LogP contribution in [0.15, 0.2) is 42.5 Å². The molecule has 52 heteroatoms. The van der Waals surface area contributed by atoms with Gasteiger partial charge in [-0.25, -0.2) is 4.79 Å². The third kappa shape index (κ3) is 42.7. The van der Waals surface area contributed by atoms with E-state index < -0.39 is 273 Å². The summed E-state index contributed by atoms with van der Waals surface area (Å²) in [4.78, 5) is 271. The number of likely N-dealkylation sites (tertiary alicyclic amines) is 1. The first kappa shape index (κ1) is 108. The molecule has 714 valence electrons. The predicted octanol–water partition coefficient (Wildman–Crippen LogP) is -8.23. The van der Waals surface area contributed by atoms with Crippen LogP contribution in [-0.4, -0.2) is 291 Å². The van der Waals surface area contributed by atoms with Crippen molar-refractivity contribution in [3.8, 4) is 11.8 Å². The number of rotatable bonds is 60. The number of aromatic hydroxyl groups is 2. The number of carbonyl (C=O) groups is 20. The monoisotopic (exact) mass is 1830 g/mol. The average molecular weight is 1830 g/mol. The largest absolute Gasteiger partial charge is 0.492 e. The maximum Gasteiger partial charge on any atom is 0.333 e. The van der Waals surface area contributed by atoms with E-state index in [1.165, 1.54) is 13.8 Å². The van der Waals surface area contributed by atoms with Crippen LogP contribution in [0.4, 0.5) is 0 Å². The molecule has 0 radical (unpaired) electrons. The van der Waals surface area contributed by atoms with Crippen LogP contribution in [0, 0.1) is 22.1 Å². The molecule has 1 aliphatic rings. The normalized spacial score (nSPS) is 14.5. The highest BCUT2D eigenvalue weighted by atomic mass is 16.7. The van der Waals surface area contributed by atoms with E-state index in [-0.39, 0.29) is 122 Å². The van der Waals surface area contributed by atoms with Crippen LogP contribution in [-0.2, 0) is 112 Å². The smallest absolute Gasteiger partial charge is 0.333 e. The van der Waals surface area contributed by atoms with E-state index in [9.17, 15) is 121 Å². The van der Waals surface area contributed by atoms with E-state index in [4.69, 9.17) is 53.5 Å². The molecule has 31 N–H and O–H groups in total. The summed E-state index contributed by atoms with van der Waals surface area (Å²) in [6.45, 7) is 3.87. The van der Waals surface area contributed by atoms with Gasteiger partial charge in [0.2, 0.25) is 94.5 Å². The minimum Gasteiger partial charge on any atom is -0.492 e. The fraction of sp³-hybridized carbons (Fsp3) is 0.571. The second kappa shape index (κ2) is 57.0. The number of nitrogens with one attached hydrogen (secondary N) is 18. The number of amides is 14. The van der Waals surface area contributed by atoms with Gasteiger partial charge in [-0.2, -0.15) is 0 Å². The fourth-order valence-electron chi connectivity index (χ4n) is 12.5. The van der Waals surface area contributed by atoms with Gasteiger partial charge in [0.05, 0.1) is 45.1 Å². The topological polar surface area (TPSA) is 834 Å². The number of aliphatic carboxylic acids is 3. The number of primary amides is 1. The number of aromatic nitrogens is 1. The van der Waals surface area contributed by atoms with Gasteiger partial charge < -0.3 is 147 Å². The molecule has 12 atom stereocenters. The van der Waals surface area contributed by atoms with Gasteiger partial charge in [0.1, 0.15) is 79.7 Å². The molecule has 0 bridgehead atoms. The van der Waals surface area contributed by atoms with Gasteiger partial charge >= 0.3 is 35.8 Å². The van der Waals surface area contributed by atoms with Crippen molar-refractivity contribution in [2.75, 3.05) is 52.5 Å². The Balaban J connectivity index is 1.75. The molecule has 1 aromatic heterocycles. The molecule has 2 heterocycles. The number of hydrogen-bond acceptors (Lipinski definition) is 28. The molecule has 52 nitrogen and oxygen atoms in total. The van der Waals surface area contributed by atoms with Gasteiger partial charge in [0, 0.05) is 64.6 Å². The number of guanidine groups is 3. The Bertz CT molecular complexity index is 4270. The van der Waals surface area contributed by atoms with Gasteiger partial charge in [0.25, 0.3) is 0 Å². The second-order valence-corrected chi connectivity index (χ2v) is 29.7. The fourth-order valence-corrected chi connectivity index (χ4v) is 12.5. The van der Waals surface area contributed by atoms with E-state index in [1.54, 1.807) is 44.2 Å². The summed E-state index contributed by atoms with van der Waals surface area (Å²) in [6.07, 6.45) is -5.56. The standard InChI is InChI=1S/C77H118N24O28/c1-5-40(2)63(99-68(120)46(91-42(4)102)19-12-30-87-76(81)82)73(125)90-41(3)65(117)94-45(18-11-29-86-75(79)80)66(118)89-39-54(104)92-48(36-57(107)108)69(121)98-51(35-43-15-7-6-8-16-43)74(126)100-32-14-21-52(100)72(124)97-50(38-59(111)112)71(123)96-49(37-58(109)110)70(122)95-47(20-13-31-88-77(83)84)67(119)93-44(64(78)116)17-9-10-28-85-53(103)22-25-60(113)127-33-34-128-61(114)26-27-62(115)129-101-55(105)23-24-56(101)106/h6-8,15-16,23-24,40-41,44-52,63,105-106H,5,9-14,17-22,25-39H2,1-4H3,(H2,78,116)(H,85,103)(H,89,118)(H,90,125)(H,91,102)(H,92,104)(H,93,119)(H,94,117)(H,95,122)(H,96,123)(H,97,124)(H,98,121)(H,99,120)(H,107,108)(H,109,110)(H,111,112)(H4,79,80,86)(H4,81,82,87)(H4,83,84,88)/t40?,41-,44-,45-,46-,47-,48-,49-,50-,51-,52-,63+/m0/s1. The van der Waals surface area contributed by atoms with E-state index in [0.717, 1.165) is 17.0 Å². The van der Waals surface area contributed by atoms with Crippen molar-refractivity contribution in [2.45, 2.75) is 223 Å². The summed E-state index contributed by atoms with van der Waals surface area (Å²) >= 11 is 0. The van der Waals surface area contributed by atoms with Crippen LogP contribution in [0.5, 0.6) is 11.8 Å². The van der Waals surface area contributed by atoms with Gasteiger partial charge in [-0.1, -0.05) is 50.6 Å². The van der Waals surface area contributed by atoms with Crippen molar-refractivity contribution in [3.63, 3.8) is 0 Å². The lowest BCUT2D eigenvalue weighted by Gasteiger charge is -2.31. The highest BCUT2D eigenvalue weighted by Gasteiger charge is 2.42. The Morgan fingerprint density at radius 3 is 1.40 bits per heavy atom. The van der Waals surface area contributed by atoms with Crippen molar-refractivity contribution in [1.29, 1.82) is 16.2 Å². The van der Waals surface area contributed by atoms with Gasteiger partial charge in [-0.3, -0.25) is 107 Å². The molecule has 3 rings (SSSR count). The number of unbranched alkanes of at least 4 members (excludes halogenated alkanes) is 1. The van der Waals surface area contributed by atoms with Crippen molar-refractivity contribution >= 4 is 136 Å².